The fourth-order valence-electron chi connectivity index (χ4n) is 2.60. The van der Waals surface area contributed by atoms with Crippen molar-refractivity contribution in [2.75, 3.05) is 32.9 Å². The molecule has 1 fully saturated rings. The van der Waals surface area contributed by atoms with Gasteiger partial charge in [0, 0.05) is 34.3 Å². The smallest absolute Gasteiger partial charge is 0.245 e. The summed E-state index contributed by atoms with van der Waals surface area (Å²) in [5, 5.41) is 0. The summed E-state index contributed by atoms with van der Waals surface area (Å²) < 4.78 is 28.2. The Balaban J connectivity index is 2.38. The highest BCUT2D eigenvalue weighted by Gasteiger charge is 2.33. The maximum atomic E-state index is 12.9. The Hall–Kier alpha value is -0.150. The van der Waals surface area contributed by atoms with E-state index in [1.807, 2.05) is 7.05 Å². The molecule has 1 heterocycles. The van der Waals surface area contributed by atoms with Crippen LogP contribution in [0, 0.1) is 0 Å². The molecule has 8 heteroatoms. The molecule has 2 rings (SSSR count). The largest absolute Gasteiger partial charge is 0.399 e. The number of likely N-dealkylation sites (N-methyl/N-ethyl adjacent to an activating group) is 2. The average molecular weight is 441 g/mol. The maximum absolute atomic E-state index is 12.9. The second-order valence-corrected chi connectivity index (χ2v) is 9.04. The lowest BCUT2D eigenvalue weighted by Gasteiger charge is -2.35. The standard InChI is InChI=1S/C13H19Br2N3O2S/c1-17-5-3-4-10(8-17)18(2)21(19,20)13-11(14)6-9(16)7-12(13)15/h6-7,10H,3-5,8,16H2,1-2H3. The Morgan fingerprint density at radius 1 is 1.33 bits per heavy atom. The number of anilines is 1. The molecule has 0 amide bonds. The van der Waals surface area contributed by atoms with Gasteiger partial charge in [-0.05, 0) is 70.4 Å². The fourth-order valence-corrected chi connectivity index (χ4v) is 6.51. The number of hydrogen-bond donors (Lipinski definition) is 1. The number of benzene rings is 1. The number of piperidine rings is 1. The van der Waals surface area contributed by atoms with Crippen molar-refractivity contribution < 1.29 is 8.42 Å². The van der Waals surface area contributed by atoms with Crippen LogP contribution in [0.3, 0.4) is 0 Å². The number of halogens is 2. The Bertz CT molecular complexity index is 613. The van der Waals surface area contributed by atoms with E-state index in [4.69, 9.17) is 5.73 Å². The van der Waals surface area contributed by atoms with Crippen LogP contribution in [0.1, 0.15) is 12.8 Å². The molecule has 0 aromatic heterocycles. The van der Waals surface area contributed by atoms with Gasteiger partial charge < -0.3 is 10.6 Å². The molecule has 0 spiro atoms. The van der Waals surface area contributed by atoms with Crippen molar-refractivity contribution in [1.29, 1.82) is 0 Å². The Kier molecular flexibility index (Phi) is 5.36. The van der Waals surface area contributed by atoms with Crippen LogP contribution in [0.4, 0.5) is 5.69 Å². The van der Waals surface area contributed by atoms with Crippen LogP contribution in [0.2, 0.25) is 0 Å². The molecule has 1 aromatic rings. The van der Waals surface area contributed by atoms with Crippen molar-refractivity contribution in [2.45, 2.75) is 23.8 Å². The van der Waals surface area contributed by atoms with E-state index in [0.717, 1.165) is 25.9 Å². The quantitative estimate of drug-likeness (QED) is 0.733. The van der Waals surface area contributed by atoms with E-state index in [0.29, 0.717) is 14.6 Å². The summed E-state index contributed by atoms with van der Waals surface area (Å²) in [7, 11) is 0.0800. The van der Waals surface area contributed by atoms with Gasteiger partial charge in [-0.1, -0.05) is 0 Å². The second-order valence-electron chi connectivity index (χ2n) is 5.39. The van der Waals surface area contributed by atoms with Gasteiger partial charge in [0.2, 0.25) is 10.0 Å². The van der Waals surface area contributed by atoms with Crippen LogP contribution >= 0.6 is 31.9 Å². The first-order valence-electron chi connectivity index (χ1n) is 6.64. The van der Waals surface area contributed by atoms with Crippen molar-refractivity contribution in [3.63, 3.8) is 0 Å². The molecule has 0 saturated carbocycles. The van der Waals surface area contributed by atoms with Gasteiger partial charge in [-0.2, -0.15) is 4.31 Å². The van der Waals surface area contributed by atoms with Crippen molar-refractivity contribution in [3.8, 4) is 0 Å². The SMILES string of the molecule is CN1CCCC(N(C)S(=O)(=O)c2c(Br)cc(N)cc2Br)C1. The summed E-state index contributed by atoms with van der Waals surface area (Å²) in [6, 6.07) is 3.21. The summed E-state index contributed by atoms with van der Waals surface area (Å²) in [6.07, 6.45) is 1.88. The Morgan fingerprint density at radius 3 is 2.43 bits per heavy atom. The number of rotatable bonds is 3. The summed E-state index contributed by atoms with van der Waals surface area (Å²) in [4.78, 5) is 2.39. The first-order chi connectivity index (χ1) is 9.73. The van der Waals surface area contributed by atoms with E-state index in [1.54, 1.807) is 19.2 Å². The van der Waals surface area contributed by atoms with Crippen LogP contribution in [-0.2, 0) is 10.0 Å². The minimum atomic E-state index is -3.58. The van der Waals surface area contributed by atoms with Gasteiger partial charge >= 0.3 is 0 Å². The number of nitrogen functional groups attached to an aromatic ring is 1. The zero-order valence-electron chi connectivity index (χ0n) is 12.0. The van der Waals surface area contributed by atoms with Gasteiger partial charge in [0.15, 0.2) is 0 Å². The molecule has 118 valence electrons. The second kappa shape index (κ2) is 6.54. The summed E-state index contributed by atoms with van der Waals surface area (Å²) >= 11 is 6.62. The molecular weight excluding hydrogens is 422 g/mol. The molecule has 2 N–H and O–H groups in total. The third kappa shape index (κ3) is 3.61. The van der Waals surface area contributed by atoms with E-state index in [-0.39, 0.29) is 10.9 Å². The van der Waals surface area contributed by atoms with Crippen molar-refractivity contribution in [3.05, 3.63) is 21.1 Å². The van der Waals surface area contributed by atoms with Crippen LogP contribution < -0.4 is 5.73 Å². The Labute approximate surface area is 142 Å². The number of nitrogens with two attached hydrogens (primary N) is 1. The molecule has 1 aliphatic rings. The van der Waals surface area contributed by atoms with Gasteiger partial charge in [-0.3, -0.25) is 0 Å². The number of hydrogen-bond acceptors (Lipinski definition) is 4. The predicted molar refractivity (Wildman–Crippen MR) is 91.7 cm³/mol. The van der Waals surface area contributed by atoms with Crippen molar-refractivity contribution >= 4 is 47.6 Å². The Morgan fingerprint density at radius 2 is 1.90 bits per heavy atom. The van der Waals surface area contributed by atoms with Crippen LogP contribution in [0.15, 0.2) is 26.0 Å². The number of sulfonamides is 1. The molecule has 0 aliphatic carbocycles. The minimum Gasteiger partial charge on any atom is -0.399 e. The van der Waals surface area contributed by atoms with Gasteiger partial charge in [-0.25, -0.2) is 8.42 Å². The van der Waals surface area contributed by atoms with Crippen LogP contribution in [-0.4, -0.2) is 50.8 Å². The van der Waals surface area contributed by atoms with Crippen LogP contribution in [0.25, 0.3) is 0 Å². The molecule has 1 saturated heterocycles. The molecule has 1 unspecified atom stereocenters. The topological polar surface area (TPSA) is 66.6 Å². The van der Waals surface area contributed by atoms with E-state index >= 15 is 0 Å². The summed E-state index contributed by atoms with van der Waals surface area (Å²) in [5.74, 6) is 0. The summed E-state index contributed by atoms with van der Waals surface area (Å²) in [6.45, 7) is 1.76. The van der Waals surface area contributed by atoms with Crippen molar-refractivity contribution in [1.82, 2.24) is 9.21 Å². The van der Waals surface area contributed by atoms with Crippen LogP contribution in [0.5, 0.6) is 0 Å². The van der Waals surface area contributed by atoms with E-state index in [2.05, 4.69) is 36.8 Å². The van der Waals surface area contributed by atoms with E-state index in [9.17, 15) is 8.42 Å². The summed E-state index contributed by atoms with van der Waals surface area (Å²) in [5.41, 5.74) is 6.24. The number of likely N-dealkylation sites (tertiary alicyclic amines) is 1. The minimum absolute atomic E-state index is 0.00916. The third-order valence-electron chi connectivity index (χ3n) is 3.77. The number of nitrogens with zero attached hydrogens (tertiary/aromatic N) is 2. The first-order valence-corrected chi connectivity index (χ1v) is 9.67. The van der Waals surface area contributed by atoms with E-state index in [1.165, 1.54) is 4.31 Å². The molecule has 1 atom stereocenters. The van der Waals surface area contributed by atoms with Gasteiger partial charge in [0.25, 0.3) is 0 Å². The van der Waals surface area contributed by atoms with Gasteiger partial charge in [-0.15, -0.1) is 0 Å². The molecule has 21 heavy (non-hydrogen) atoms. The van der Waals surface area contributed by atoms with Gasteiger partial charge in [0.05, 0.1) is 0 Å². The highest BCUT2D eigenvalue weighted by Crippen LogP contribution is 2.35. The normalized spacial score (nSPS) is 20.9. The first kappa shape index (κ1) is 17.2. The zero-order valence-corrected chi connectivity index (χ0v) is 16.0. The molecule has 1 aliphatic heterocycles. The lowest BCUT2D eigenvalue weighted by molar-refractivity contribution is 0.187. The fraction of sp³-hybridized carbons (Fsp3) is 0.538. The van der Waals surface area contributed by atoms with Crippen molar-refractivity contribution in [2.24, 2.45) is 0 Å². The lowest BCUT2D eigenvalue weighted by Crippen LogP contribution is -2.47. The zero-order chi connectivity index (χ0) is 15.8. The maximum Gasteiger partial charge on any atom is 0.245 e. The highest BCUT2D eigenvalue weighted by atomic mass is 79.9. The third-order valence-corrected chi connectivity index (χ3v) is 7.56. The molecule has 1 aromatic carbocycles. The highest BCUT2D eigenvalue weighted by molar-refractivity contribution is 9.11. The average Bonchev–Trinajstić information content (AvgIpc) is 2.36. The molecular formula is C13H19Br2N3O2S. The molecule has 5 nitrogen and oxygen atoms in total. The molecule has 0 bridgehead atoms. The van der Waals surface area contributed by atoms with E-state index < -0.39 is 10.0 Å². The monoisotopic (exact) mass is 439 g/mol. The molecule has 0 radical (unpaired) electrons. The predicted octanol–water partition coefficient (Wildman–Crippen LogP) is 2.51. The lowest BCUT2D eigenvalue weighted by atomic mass is 10.1. The van der Waals surface area contributed by atoms with Gasteiger partial charge in [0.1, 0.15) is 4.90 Å².